The second-order valence-electron chi connectivity index (χ2n) is 9.83. The zero-order valence-electron chi connectivity index (χ0n) is 22.3. The molecule has 1 aliphatic rings. The van der Waals surface area contributed by atoms with Gasteiger partial charge in [0.25, 0.3) is 5.91 Å². The molecule has 0 spiro atoms. The van der Waals surface area contributed by atoms with Gasteiger partial charge in [0, 0.05) is 19.2 Å². The Morgan fingerprint density at radius 3 is 2.65 bits per heavy atom. The lowest BCUT2D eigenvalue weighted by Gasteiger charge is -2.38. The Morgan fingerprint density at radius 2 is 2.05 bits per heavy atom. The molecule has 12 nitrogen and oxygen atoms in total. The average Bonchev–Trinajstić information content (AvgIpc) is 3.60. The SMILES string of the molecule is CO[C@]1(C(=O)N[C@@H](C)c2ccc(-n3cc(F)cn3)nc2)CC[C@@H](c2nc(Nc3n[nH]c(C)n3)ccc2C#N)CC1. The molecule has 0 radical (unpaired) electrons. The summed E-state index contributed by atoms with van der Waals surface area (Å²) in [5, 5.41) is 26.6. The van der Waals surface area contributed by atoms with E-state index in [1.807, 2.05) is 13.0 Å². The lowest BCUT2D eigenvalue weighted by atomic mass is 9.76. The Labute approximate surface area is 230 Å². The Hall–Kier alpha value is -4.70. The normalized spacial score (nSPS) is 19.5. The highest BCUT2D eigenvalue weighted by Crippen LogP contribution is 2.41. The van der Waals surface area contributed by atoms with E-state index < -0.39 is 11.4 Å². The average molecular weight is 545 g/mol. The summed E-state index contributed by atoms with van der Waals surface area (Å²) >= 11 is 0. The van der Waals surface area contributed by atoms with Crippen LogP contribution in [0.5, 0.6) is 0 Å². The number of aryl methyl sites for hydroxylation is 1. The number of ether oxygens (including phenoxy) is 1. The number of nitrogens with one attached hydrogen (secondary N) is 3. The van der Waals surface area contributed by atoms with Gasteiger partial charge in [-0.2, -0.15) is 15.3 Å². The molecule has 4 aromatic heterocycles. The minimum absolute atomic E-state index is 0.0114. The van der Waals surface area contributed by atoms with Crippen LogP contribution in [0.3, 0.4) is 0 Å². The number of nitriles is 1. The van der Waals surface area contributed by atoms with Crippen LogP contribution in [0.15, 0.2) is 42.9 Å². The quantitative estimate of drug-likeness (QED) is 0.300. The first-order valence-electron chi connectivity index (χ1n) is 12.9. The summed E-state index contributed by atoms with van der Waals surface area (Å²) < 4.78 is 20.4. The Bertz CT molecular complexity index is 1530. The van der Waals surface area contributed by atoms with Crippen LogP contribution in [0.1, 0.15) is 67.2 Å². The molecule has 0 aromatic carbocycles. The summed E-state index contributed by atoms with van der Waals surface area (Å²) in [6.07, 6.45) is 6.17. The summed E-state index contributed by atoms with van der Waals surface area (Å²) in [7, 11) is 1.55. The van der Waals surface area contributed by atoms with Gasteiger partial charge in [-0.05, 0) is 63.3 Å². The molecule has 1 aliphatic carbocycles. The molecule has 1 fully saturated rings. The zero-order chi connectivity index (χ0) is 28.3. The fourth-order valence-corrected chi connectivity index (χ4v) is 4.97. The first kappa shape index (κ1) is 26.9. The first-order chi connectivity index (χ1) is 19.3. The van der Waals surface area contributed by atoms with E-state index in [4.69, 9.17) is 9.72 Å². The number of amides is 1. The van der Waals surface area contributed by atoms with E-state index in [1.54, 1.807) is 38.4 Å². The first-order valence-corrected chi connectivity index (χ1v) is 12.9. The molecular formula is C27H29FN10O2. The molecular weight excluding hydrogens is 515 g/mol. The molecule has 206 valence electrons. The number of carbonyl (C=O) groups is 1. The van der Waals surface area contributed by atoms with Gasteiger partial charge in [-0.3, -0.25) is 9.89 Å². The van der Waals surface area contributed by atoms with Crippen molar-refractivity contribution < 1.29 is 13.9 Å². The molecule has 40 heavy (non-hydrogen) atoms. The molecule has 3 N–H and O–H groups in total. The van der Waals surface area contributed by atoms with Crippen molar-refractivity contribution in [2.75, 3.05) is 12.4 Å². The number of hydrogen-bond donors (Lipinski definition) is 3. The predicted molar refractivity (Wildman–Crippen MR) is 142 cm³/mol. The van der Waals surface area contributed by atoms with Crippen LogP contribution in [0, 0.1) is 24.1 Å². The number of nitrogens with zero attached hydrogens (tertiary/aromatic N) is 7. The summed E-state index contributed by atoms with van der Waals surface area (Å²) in [5.41, 5.74) is 0.975. The summed E-state index contributed by atoms with van der Waals surface area (Å²) in [5.74, 6) is 1.42. The van der Waals surface area contributed by atoms with Gasteiger partial charge in [0.15, 0.2) is 11.6 Å². The third-order valence-electron chi connectivity index (χ3n) is 7.27. The number of aromatic nitrogens is 7. The van der Waals surface area contributed by atoms with Gasteiger partial charge < -0.3 is 15.4 Å². The van der Waals surface area contributed by atoms with Gasteiger partial charge in [0.05, 0.1) is 29.7 Å². The maximum absolute atomic E-state index is 13.4. The van der Waals surface area contributed by atoms with Crippen molar-refractivity contribution in [1.29, 1.82) is 5.26 Å². The highest BCUT2D eigenvalue weighted by atomic mass is 19.1. The molecule has 0 bridgehead atoms. The number of hydrogen-bond acceptors (Lipinski definition) is 9. The second-order valence-corrected chi connectivity index (χ2v) is 9.83. The minimum Gasteiger partial charge on any atom is -0.368 e. The van der Waals surface area contributed by atoms with E-state index in [2.05, 4.69) is 42.0 Å². The maximum Gasteiger partial charge on any atom is 0.252 e. The number of H-pyrrole nitrogens is 1. The number of anilines is 2. The molecule has 0 saturated heterocycles. The van der Waals surface area contributed by atoms with Gasteiger partial charge in [0.1, 0.15) is 23.3 Å². The van der Waals surface area contributed by atoms with E-state index in [1.165, 1.54) is 10.9 Å². The third-order valence-corrected chi connectivity index (χ3v) is 7.27. The van der Waals surface area contributed by atoms with Crippen molar-refractivity contribution in [3.05, 3.63) is 71.3 Å². The van der Waals surface area contributed by atoms with E-state index in [-0.39, 0.29) is 17.9 Å². The van der Waals surface area contributed by atoms with Crippen molar-refractivity contribution >= 4 is 17.7 Å². The molecule has 0 unspecified atom stereocenters. The topological polar surface area (TPSA) is 159 Å². The van der Waals surface area contributed by atoms with Crippen molar-refractivity contribution in [3.63, 3.8) is 0 Å². The van der Waals surface area contributed by atoms with Crippen molar-refractivity contribution in [2.24, 2.45) is 0 Å². The van der Waals surface area contributed by atoms with Gasteiger partial charge >= 0.3 is 0 Å². The predicted octanol–water partition coefficient (Wildman–Crippen LogP) is 3.76. The molecule has 1 saturated carbocycles. The number of halogens is 1. The molecule has 0 aliphatic heterocycles. The lowest BCUT2D eigenvalue weighted by molar-refractivity contribution is -0.148. The van der Waals surface area contributed by atoms with Gasteiger partial charge in [0.2, 0.25) is 5.95 Å². The van der Waals surface area contributed by atoms with Gasteiger partial charge in [-0.1, -0.05) is 6.07 Å². The minimum atomic E-state index is -0.996. The van der Waals surface area contributed by atoms with Gasteiger partial charge in [-0.15, -0.1) is 5.10 Å². The smallest absolute Gasteiger partial charge is 0.252 e. The molecule has 1 amide bonds. The van der Waals surface area contributed by atoms with Crippen LogP contribution >= 0.6 is 0 Å². The Morgan fingerprint density at radius 1 is 1.25 bits per heavy atom. The number of rotatable bonds is 8. The van der Waals surface area contributed by atoms with E-state index in [0.717, 1.165) is 11.8 Å². The number of carbonyl (C=O) groups excluding carboxylic acids is 1. The van der Waals surface area contributed by atoms with Crippen LogP contribution in [0.25, 0.3) is 5.82 Å². The highest BCUT2D eigenvalue weighted by Gasteiger charge is 2.43. The Kier molecular flexibility index (Phi) is 7.52. The maximum atomic E-state index is 13.4. The second kappa shape index (κ2) is 11.2. The molecule has 13 heteroatoms. The van der Waals surface area contributed by atoms with Crippen molar-refractivity contribution in [1.82, 2.24) is 40.2 Å². The van der Waals surface area contributed by atoms with Crippen LogP contribution in [0.4, 0.5) is 16.2 Å². The van der Waals surface area contributed by atoms with E-state index in [0.29, 0.717) is 60.3 Å². The lowest BCUT2D eigenvalue weighted by Crippen LogP contribution is -2.50. The fourth-order valence-electron chi connectivity index (χ4n) is 4.97. The van der Waals surface area contributed by atoms with E-state index >= 15 is 0 Å². The zero-order valence-corrected chi connectivity index (χ0v) is 22.3. The summed E-state index contributed by atoms with van der Waals surface area (Å²) in [6, 6.07) is 8.90. The largest absolute Gasteiger partial charge is 0.368 e. The molecule has 5 rings (SSSR count). The third kappa shape index (κ3) is 5.52. The van der Waals surface area contributed by atoms with Crippen LogP contribution < -0.4 is 10.6 Å². The molecule has 4 heterocycles. The van der Waals surface area contributed by atoms with E-state index in [9.17, 15) is 14.4 Å². The number of methoxy groups -OCH3 is 1. The van der Waals surface area contributed by atoms with Gasteiger partial charge in [-0.25, -0.2) is 19.0 Å². The molecule has 4 aromatic rings. The molecule has 1 atom stereocenters. The number of aromatic amines is 1. The van der Waals surface area contributed by atoms with Crippen LogP contribution in [-0.2, 0) is 9.53 Å². The Balaban J connectivity index is 1.24. The van der Waals surface area contributed by atoms with Crippen LogP contribution in [0.2, 0.25) is 0 Å². The fraction of sp³-hybridized carbons (Fsp3) is 0.370. The monoisotopic (exact) mass is 544 g/mol. The summed E-state index contributed by atoms with van der Waals surface area (Å²) in [4.78, 5) is 26.7. The van der Waals surface area contributed by atoms with Crippen LogP contribution in [-0.4, -0.2) is 53.5 Å². The standard InChI is InChI=1S/C27H29FN10O2/c1-16(20-5-7-23(30-13-20)38-15-21(28)14-31-38)32-25(39)27(40-3)10-8-18(9-11-27)24-19(12-29)4-6-22(34-24)35-26-33-17(2)36-37-26/h4-7,13-16,18H,8-11H2,1-3H3,(H,32,39)(H2,33,34,35,36,37)/t16-,18-,27-/m0/s1. The highest BCUT2D eigenvalue weighted by molar-refractivity contribution is 5.85. The number of pyridine rings is 2. The van der Waals surface area contributed by atoms with Crippen molar-refractivity contribution in [2.45, 2.75) is 57.1 Å². The van der Waals surface area contributed by atoms with Crippen molar-refractivity contribution in [3.8, 4) is 11.9 Å². The summed E-state index contributed by atoms with van der Waals surface area (Å²) in [6.45, 7) is 3.67.